The van der Waals surface area contributed by atoms with Gasteiger partial charge in [0.15, 0.2) is 0 Å². The van der Waals surface area contributed by atoms with Crippen molar-refractivity contribution in [2.75, 3.05) is 0 Å². The molecule has 0 aliphatic carbocycles. The summed E-state index contributed by atoms with van der Waals surface area (Å²) in [7, 11) is 0. The van der Waals surface area contributed by atoms with Crippen LogP contribution >= 0.6 is 0 Å². The van der Waals surface area contributed by atoms with Gasteiger partial charge in [0.2, 0.25) is 5.79 Å². The fraction of sp³-hybridized carbons (Fsp3) is 0.111. The molecule has 2 N–H and O–H groups in total. The molecule has 0 aliphatic heterocycles. The molecule has 1 aromatic rings. The van der Waals surface area contributed by atoms with E-state index in [0.717, 1.165) is 6.08 Å². The molecule has 2 heteroatoms. The Morgan fingerprint density at radius 3 is 2.18 bits per heavy atom. The van der Waals surface area contributed by atoms with Crippen LogP contribution in [0.5, 0.6) is 0 Å². The quantitative estimate of drug-likeness (QED) is 0.488. The Morgan fingerprint density at radius 1 is 1.18 bits per heavy atom. The summed E-state index contributed by atoms with van der Waals surface area (Å²) in [4.78, 5) is 0. The zero-order valence-corrected chi connectivity index (χ0v) is 6.07. The van der Waals surface area contributed by atoms with Crippen molar-refractivity contribution in [3.05, 3.63) is 48.6 Å². The van der Waals surface area contributed by atoms with Gasteiger partial charge in [-0.1, -0.05) is 36.9 Å². The van der Waals surface area contributed by atoms with Gasteiger partial charge in [-0.25, -0.2) is 0 Å². The highest BCUT2D eigenvalue weighted by Gasteiger charge is 2.19. The van der Waals surface area contributed by atoms with Crippen LogP contribution in [0.25, 0.3) is 0 Å². The Bertz CT molecular complexity index is 239. The van der Waals surface area contributed by atoms with Gasteiger partial charge in [0.25, 0.3) is 0 Å². The second kappa shape index (κ2) is 2.86. The first-order valence-corrected chi connectivity index (χ1v) is 3.30. The summed E-state index contributed by atoms with van der Waals surface area (Å²) in [5.74, 6) is -1.90. The third-order valence-electron chi connectivity index (χ3n) is 1.48. The van der Waals surface area contributed by atoms with Gasteiger partial charge in [0, 0.05) is 5.56 Å². The van der Waals surface area contributed by atoms with Crippen molar-refractivity contribution in [3.63, 3.8) is 0 Å². The van der Waals surface area contributed by atoms with Crippen molar-refractivity contribution in [1.82, 2.24) is 0 Å². The summed E-state index contributed by atoms with van der Waals surface area (Å²) in [6.07, 6.45) is 1.09. The minimum Gasteiger partial charge on any atom is -0.359 e. The topological polar surface area (TPSA) is 40.5 Å². The number of aliphatic hydroxyl groups is 2. The van der Waals surface area contributed by atoms with E-state index in [1.807, 2.05) is 6.07 Å². The van der Waals surface area contributed by atoms with Crippen molar-refractivity contribution in [1.29, 1.82) is 0 Å². The Kier molecular flexibility index (Phi) is 2.08. The molecule has 0 saturated heterocycles. The smallest absolute Gasteiger partial charge is 0.209 e. The lowest BCUT2D eigenvalue weighted by Gasteiger charge is -2.16. The summed E-state index contributed by atoms with van der Waals surface area (Å²) < 4.78 is 0. The van der Waals surface area contributed by atoms with E-state index in [0.29, 0.717) is 5.56 Å². The second-order valence-corrected chi connectivity index (χ2v) is 2.30. The first-order valence-electron chi connectivity index (χ1n) is 3.30. The van der Waals surface area contributed by atoms with E-state index in [4.69, 9.17) is 0 Å². The average Bonchev–Trinajstić information content (AvgIpc) is 2.06. The molecule has 0 aromatic heterocycles. The van der Waals surface area contributed by atoms with E-state index in [1.165, 1.54) is 0 Å². The lowest BCUT2D eigenvalue weighted by molar-refractivity contribution is -0.124. The van der Waals surface area contributed by atoms with Crippen LogP contribution in [0.1, 0.15) is 5.56 Å². The van der Waals surface area contributed by atoms with E-state index in [9.17, 15) is 10.2 Å². The van der Waals surface area contributed by atoms with E-state index in [1.54, 1.807) is 24.3 Å². The Balaban J connectivity index is 3.02. The van der Waals surface area contributed by atoms with Crippen LogP contribution in [0.3, 0.4) is 0 Å². The van der Waals surface area contributed by atoms with Crippen molar-refractivity contribution in [2.24, 2.45) is 0 Å². The Labute approximate surface area is 65.4 Å². The molecule has 0 heterocycles. The maximum atomic E-state index is 9.23. The average molecular weight is 150 g/mol. The van der Waals surface area contributed by atoms with Crippen LogP contribution in [0.15, 0.2) is 43.0 Å². The minimum absolute atomic E-state index is 0.426. The van der Waals surface area contributed by atoms with Gasteiger partial charge in [0.05, 0.1) is 0 Å². The van der Waals surface area contributed by atoms with Gasteiger partial charge in [-0.05, 0) is 6.08 Å². The van der Waals surface area contributed by atoms with Gasteiger partial charge in [0.1, 0.15) is 0 Å². The van der Waals surface area contributed by atoms with Crippen molar-refractivity contribution < 1.29 is 10.2 Å². The molecular weight excluding hydrogens is 140 g/mol. The van der Waals surface area contributed by atoms with E-state index in [2.05, 4.69) is 6.58 Å². The highest BCUT2D eigenvalue weighted by molar-refractivity contribution is 5.22. The van der Waals surface area contributed by atoms with Crippen molar-refractivity contribution >= 4 is 0 Å². The predicted octanol–water partition coefficient (Wildman–Crippen LogP) is 1.01. The normalized spacial score (nSPS) is 11.1. The predicted molar refractivity (Wildman–Crippen MR) is 42.8 cm³/mol. The fourth-order valence-corrected chi connectivity index (χ4v) is 0.801. The van der Waals surface area contributed by atoms with Crippen LogP contribution in [-0.4, -0.2) is 10.2 Å². The van der Waals surface area contributed by atoms with Crippen LogP contribution < -0.4 is 0 Å². The molecule has 1 aromatic carbocycles. The van der Waals surface area contributed by atoms with Gasteiger partial charge < -0.3 is 10.2 Å². The summed E-state index contributed by atoms with van der Waals surface area (Å²) in [6.45, 7) is 3.31. The van der Waals surface area contributed by atoms with E-state index in [-0.39, 0.29) is 0 Å². The molecule has 58 valence electrons. The second-order valence-electron chi connectivity index (χ2n) is 2.30. The van der Waals surface area contributed by atoms with Crippen LogP contribution in [0.4, 0.5) is 0 Å². The highest BCUT2D eigenvalue weighted by atomic mass is 16.5. The summed E-state index contributed by atoms with van der Waals surface area (Å²) in [5, 5.41) is 18.5. The van der Waals surface area contributed by atoms with Gasteiger partial charge in [-0.15, -0.1) is 0 Å². The standard InChI is InChI=1S/C9H10O2/c1-2-9(10,11)8-6-4-3-5-7-8/h2-7,10-11H,1H2. The summed E-state index contributed by atoms with van der Waals surface area (Å²) in [5.41, 5.74) is 0.426. The summed E-state index contributed by atoms with van der Waals surface area (Å²) in [6, 6.07) is 8.53. The van der Waals surface area contributed by atoms with Crippen molar-refractivity contribution in [3.8, 4) is 0 Å². The van der Waals surface area contributed by atoms with Gasteiger partial charge in [-0.3, -0.25) is 0 Å². The number of hydrogen-bond acceptors (Lipinski definition) is 2. The fourth-order valence-electron chi connectivity index (χ4n) is 0.801. The molecule has 0 amide bonds. The summed E-state index contributed by atoms with van der Waals surface area (Å²) >= 11 is 0. The largest absolute Gasteiger partial charge is 0.359 e. The maximum absolute atomic E-state index is 9.23. The molecule has 1 rings (SSSR count). The molecule has 0 unspecified atom stereocenters. The molecule has 2 nitrogen and oxygen atoms in total. The lowest BCUT2D eigenvalue weighted by atomic mass is 10.1. The first-order chi connectivity index (χ1) is 5.17. The number of hydrogen-bond donors (Lipinski definition) is 2. The molecule has 0 spiro atoms. The van der Waals surface area contributed by atoms with Gasteiger partial charge in [-0.2, -0.15) is 0 Å². The third kappa shape index (κ3) is 1.67. The van der Waals surface area contributed by atoms with Gasteiger partial charge >= 0.3 is 0 Å². The number of rotatable bonds is 2. The Hall–Kier alpha value is -1.12. The molecule has 0 aliphatic rings. The molecule has 0 radical (unpaired) electrons. The molecule has 11 heavy (non-hydrogen) atoms. The molecular formula is C9H10O2. The maximum Gasteiger partial charge on any atom is 0.209 e. The highest BCUT2D eigenvalue weighted by Crippen LogP contribution is 2.17. The van der Waals surface area contributed by atoms with Crippen LogP contribution in [-0.2, 0) is 5.79 Å². The number of benzene rings is 1. The SMILES string of the molecule is C=CC(O)(O)c1ccccc1. The molecule has 0 atom stereocenters. The zero-order valence-electron chi connectivity index (χ0n) is 6.07. The molecule has 0 bridgehead atoms. The third-order valence-corrected chi connectivity index (χ3v) is 1.48. The first kappa shape index (κ1) is 7.98. The molecule has 0 fully saturated rings. The minimum atomic E-state index is -1.90. The monoisotopic (exact) mass is 150 g/mol. The zero-order chi connectivity index (χ0) is 8.32. The van der Waals surface area contributed by atoms with Crippen LogP contribution in [0.2, 0.25) is 0 Å². The van der Waals surface area contributed by atoms with E-state index >= 15 is 0 Å². The Morgan fingerprint density at radius 2 is 1.73 bits per heavy atom. The van der Waals surface area contributed by atoms with Crippen LogP contribution in [0, 0.1) is 0 Å². The molecule has 0 saturated carbocycles. The van der Waals surface area contributed by atoms with E-state index < -0.39 is 5.79 Å². The van der Waals surface area contributed by atoms with Crippen molar-refractivity contribution in [2.45, 2.75) is 5.79 Å². The lowest BCUT2D eigenvalue weighted by Crippen LogP contribution is -2.20.